The molecule has 1 aromatic rings. The fourth-order valence-corrected chi connectivity index (χ4v) is 4.28. The number of nitrogens with one attached hydrogen (secondary N) is 1. The number of aliphatic carboxylic acids is 1. The van der Waals surface area contributed by atoms with Crippen molar-refractivity contribution in [1.82, 2.24) is 15.1 Å². The number of carbonyl (C=O) groups is 2. The van der Waals surface area contributed by atoms with Gasteiger partial charge in [-0.05, 0) is 32.3 Å². The summed E-state index contributed by atoms with van der Waals surface area (Å²) in [6.45, 7) is 7.15. The van der Waals surface area contributed by atoms with Gasteiger partial charge in [0.2, 0.25) is 0 Å². The first-order chi connectivity index (χ1) is 12.4. The number of hydrogen-bond acceptors (Lipinski definition) is 3. The van der Waals surface area contributed by atoms with Crippen LogP contribution < -0.4 is 5.32 Å². The van der Waals surface area contributed by atoms with Crippen molar-refractivity contribution in [3.63, 3.8) is 0 Å². The minimum Gasteiger partial charge on any atom is -0.481 e. The quantitative estimate of drug-likeness (QED) is 0.866. The van der Waals surface area contributed by atoms with Gasteiger partial charge in [-0.2, -0.15) is 0 Å². The molecule has 0 aliphatic carbocycles. The van der Waals surface area contributed by atoms with Crippen molar-refractivity contribution in [2.24, 2.45) is 11.3 Å². The molecule has 142 valence electrons. The van der Waals surface area contributed by atoms with Gasteiger partial charge in [0, 0.05) is 44.7 Å². The Labute approximate surface area is 155 Å². The van der Waals surface area contributed by atoms with E-state index in [1.807, 2.05) is 35.2 Å². The number of rotatable bonds is 4. The molecule has 0 saturated carbocycles. The smallest absolute Gasteiger partial charge is 0.317 e. The van der Waals surface area contributed by atoms with E-state index in [4.69, 9.17) is 0 Å². The summed E-state index contributed by atoms with van der Waals surface area (Å²) >= 11 is 0. The number of hydrogen-bond donors (Lipinski definition) is 2. The Kier molecular flexibility index (Phi) is 5.51. The number of likely N-dealkylation sites (tertiary alicyclic amines) is 2. The van der Waals surface area contributed by atoms with Gasteiger partial charge < -0.3 is 15.3 Å². The number of carboxylic acids is 1. The lowest BCUT2D eigenvalue weighted by Crippen LogP contribution is -2.45. The van der Waals surface area contributed by atoms with E-state index in [2.05, 4.69) is 24.1 Å². The maximum absolute atomic E-state index is 12.7. The minimum atomic E-state index is -0.723. The van der Waals surface area contributed by atoms with Crippen LogP contribution in [-0.4, -0.2) is 59.1 Å². The van der Waals surface area contributed by atoms with Crippen molar-refractivity contribution in [3.8, 4) is 0 Å². The molecule has 3 rings (SSSR count). The second-order valence-corrected chi connectivity index (χ2v) is 7.88. The predicted octanol–water partition coefficient (Wildman–Crippen LogP) is 2.40. The van der Waals surface area contributed by atoms with E-state index < -0.39 is 11.4 Å². The maximum atomic E-state index is 12.7. The zero-order chi connectivity index (χ0) is 18.7. The molecule has 2 N–H and O–H groups in total. The Morgan fingerprint density at radius 3 is 2.65 bits per heavy atom. The molecule has 0 unspecified atom stereocenters. The van der Waals surface area contributed by atoms with E-state index in [9.17, 15) is 14.7 Å². The zero-order valence-corrected chi connectivity index (χ0v) is 15.6. The van der Waals surface area contributed by atoms with Gasteiger partial charge in [-0.3, -0.25) is 9.69 Å². The SMILES string of the molecule is CC(C)N1C[C@@H]2CN(C(=O)NCc3ccccc3)CCC[C@]2(C(=O)O)C1. The molecule has 2 atom stereocenters. The Morgan fingerprint density at radius 1 is 1.27 bits per heavy atom. The lowest BCUT2D eigenvalue weighted by Gasteiger charge is -2.29. The van der Waals surface area contributed by atoms with Gasteiger partial charge in [-0.25, -0.2) is 4.79 Å². The highest BCUT2D eigenvalue weighted by atomic mass is 16.4. The summed E-state index contributed by atoms with van der Waals surface area (Å²) in [7, 11) is 0. The van der Waals surface area contributed by atoms with Crippen LogP contribution in [-0.2, 0) is 11.3 Å². The van der Waals surface area contributed by atoms with Crippen LogP contribution in [0.3, 0.4) is 0 Å². The molecular formula is C20H29N3O3. The average molecular weight is 359 g/mol. The van der Waals surface area contributed by atoms with Crippen molar-refractivity contribution in [1.29, 1.82) is 0 Å². The fraction of sp³-hybridized carbons (Fsp3) is 0.600. The molecule has 1 aromatic carbocycles. The number of fused-ring (bicyclic) bond motifs is 1. The third-order valence-electron chi connectivity index (χ3n) is 5.94. The summed E-state index contributed by atoms with van der Waals surface area (Å²) < 4.78 is 0. The number of urea groups is 1. The second kappa shape index (κ2) is 7.66. The molecule has 2 amide bonds. The zero-order valence-electron chi connectivity index (χ0n) is 15.6. The van der Waals surface area contributed by atoms with E-state index >= 15 is 0 Å². The standard InChI is InChI=1S/C20H29N3O3/c1-15(2)23-13-17-12-22(10-6-9-20(17,14-23)18(24)25)19(26)21-11-16-7-4-3-5-8-16/h3-5,7-8,15,17H,6,9-14H2,1-2H3,(H,21,26)(H,24,25)/t17-,20-/m0/s1. The van der Waals surface area contributed by atoms with Crippen LogP contribution in [0.5, 0.6) is 0 Å². The highest BCUT2D eigenvalue weighted by Crippen LogP contribution is 2.43. The molecule has 2 saturated heterocycles. The fourth-order valence-electron chi connectivity index (χ4n) is 4.28. The van der Waals surface area contributed by atoms with Gasteiger partial charge in [0.25, 0.3) is 0 Å². The van der Waals surface area contributed by atoms with Crippen LogP contribution in [0, 0.1) is 11.3 Å². The number of amides is 2. The van der Waals surface area contributed by atoms with Crippen molar-refractivity contribution >= 4 is 12.0 Å². The largest absolute Gasteiger partial charge is 0.481 e. The highest BCUT2D eigenvalue weighted by Gasteiger charge is 2.54. The molecule has 2 heterocycles. The Bertz CT molecular complexity index is 649. The Hall–Kier alpha value is -2.08. The summed E-state index contributed by atoms with van der Waals surface area (Å²) in [6, 6.07) is 10.0. The van der Waals surface area contributed by atoms with Crippen LogP contribution >= 0.6 is 0 Å². The van der Waals surface area contributed by atoms with Gasteiger partial charge in [-0.1, -0.05) is 30.3 Å². The lowest BCUT2D eigenvalue weighted by atomic mass is 9.75. The van der Waals surface area contributed by atoms with Crippen LogP contribution in [0.25, 0.3) is 0 Å². The first kappa shape index (κ1) is 18.7. The summed E-state index contributed by atoms with van der Waals surface area (Å²) in [5.74, 6) is -0.732. The molecule has 6 nitrogen and oxygen atoms in total. The van der Waals surface area contributed by atoms with Gasteiger partial charge in [0.1, 0.15) is 0 Å². The molecule has 6 heteroatoms. The molecule has 0 bridgehead atoms. The number of carbonyl (C=O) groups excluding carboxylic acids is 1. The monoisotopic (exact) mass is 359 g/mol. The van der Waals surface area contributed by atoms with E-state index in [0.29, 0.717) is 38.6 Å². The van der Waals surface area contributed by atoms with E-state index in [1.165, 1.54) is 0 Å². The van der Waals surface area contributed by atoms with Gasteiger partial charge in [0.05, 0.1) is 5.41 Å². The molecule has 0 aromatic heterocycles. The lowest BCUT2D eigenvalue weighted by molar-refractivity contribution is -0.151. The molecular weight excluding hydrogens is 330 g/mol. The molecule has 0 radical (unpaired) electrons. The minimum absolute atomic E-state index is 0.0209. The van der Waals surface area contributed by atoms with Crippen LogP contribution in [0.4, 0.5) is 4.79 Å². The van der Waals surface area contributed by atoms with Crippen molar-refractivity contribution in [3.05, 3.63) is 35.9 Å². The topological polar surface area (TPSA) is 72.9 Å². The highest BCUT2D eigenvalue weighted by molar-refractivity contribution is 5.77. The molecule has 2 aliphatic rings. The predicted molar refractivity (Wildman–Crippen MR) is 99.8 cm³/mol. The first-order valence-electron chi connectivity index (χ1n) is 9.46. The number of carboxylic acid groups (broad SMARTS) is 1. The molecule has 0 spiro atoms. The second-order valence-electron chi connectivity index (χ2n) is 7.88. The van der Waals surface area contributed by atoms with E-state index in [1.54, 1.807) is 0 Å². The van der Waals surface area contributed by atoms with Gasteiger partial charge >= 0.3 is 12.0 Å². The van der Waals surface area contributed by atoms with Crippen molar-refractivity contribution in [2.45, 2.75) is 39.3 Å². The summed E-state index contributed by atoms with van der Waals surface area (Å²) in [5.41, 5.74) is 0.334. The van der Waals surface area contributed by atoms with Crippen LogP contribution in [0.15, 0.2) is 30.3 Å². The summed E-state index contributed by atoms with van der Waals surface area (Å²) in [6.07, 6.45) is 1.37. The van der Waals surface area contributed by atoms with Gasteiger partial charge in [0.15, 0.2) is 0 Å². The molecule has 26 heavy (non-hydrogen) atoms. The Morgan fingerprint density at radius 2 is 2.00 bits per heavy atom. The average Bonchev–Trinajstić information content (AvgIpc) is 2.90. The molecule has 2 aliphatic heterocycles. The van der Waals surface area contributed by atoms with Crippen LogP contribution in [0.1, 0.15) is 32.3 Å². The summed E-state index contributed by atoms with van der Waals surface area (Å²) in [5, 5.41) is 12.9. The first-order valence-corrected chi connectivity index (χ1v) is 9.46. The summed E-state index contributed by atoms with van der Waals surface area (Å²) in [4.78, 5) is 28.8. The van der Waals surface area contributed by atoms with Crippen LogP contribution in [0.2, 0.25) is 0 Å². The normalized spacial score (nSPS) is 26.4. The van der Waals surface area contributed by atoms with E-state index in [-0.39, 0.29) is 11.9 Å². The maximum Gasteiger partial charge on any atom is 0.317 e. The third-order valence-corrected chi connectivity index (χ3v) is 5.94. The van der Waals surface area contributed by atoms with E-state index in [0.717, 1.165) is 18.5 Å². The third kappa shape index (κ3) is 3.70. The molecule has 2 fully saturated rings. The number of nitrogens with zero attached hydrogens (tertiary/aromatic N) is 2. The number of benzene rings is 1. The van der Waals surface area contributed by atoms with Crippen molar-refractivity contribution < 1.29 is 14.7 Å². The van der Waals surface area contributed by atoms with Gasteiger partial charge in [-0.15, -0.1) is 0 Å². The Balaban J connectivity index is 1.68. The van der Waals surface area contributed by atoms with Crippen molar-refractivity contribution in [2.75, 3.05) is 26.2 Å².